The van der Waals surface area contributed by atoms with Crippen LogP contribution in [-0.2, 0) is 27.4 Å². The number of piperazine rings is 1. The minimum atomic E-state index is -1.26. The van der Waals surface area contributed by atoms with Gasteiger partial charge in [-0.15, -0.1) is 6.58 Å². The number of aromatic nitrogens is 2. The van der Waals surface area contributed by atoms with Crippen LogP contribution in [0.25, 0.3) is 11.0 Å². The molecule has 9 nitrogen and oxygen atoms in total. The van der Waals surface area contributed by atoms with Gasteiger partial charge in [0.25, 0.3) is 0 Å². The van der Waals surface area contributed by atoms with Gasteiger partial charge in [-0.25, -0.2) is 14.6 Å². The quantitative estimate of drug-likeness (QED) is 0.352. The zero-order chi connectivity index (χ0) is 22.6. The molecule has 2 N–H and O–H groups in total. The topological polar surface area (TPSA) is 108 Å². The van der Waals surface area contributed by atoms with Crippen LogP contribution < -0.4 is 0 Å². The van der Waals surface area contributed by atoms with Gasteiger partial charge in [-0.1, -0.05) is 18.2 Å². The van der Waals surface area contributed by atoms with E-state index in [1.54, 1.807) is 6.08 Å². The molecule has 0 aliphatic carbocycles. The van der Waals surface area contributed by atoms with Crippen molar-refractivity contribution in [2.75, 3.05) is 46.4 Å². The van der Waals surface area contributed by atoms with Crippen molar-refractivity contribution in [2.45, 2.75) is 13.1 Å². The Balaban J connectivity index is 0.000000366. The van der Waals surface area contributed by atoms with Crippen LogP contribution in [0.4, 0.5) is 0 Å². The molecule has 2 heterocycles. The average molecular weight is 431 g/mol. The molecule has 1 saturated heterocycles. The summed E-state index contributed by atoms with van der Waals surface area (Å²) in [6.45, 7) is 11.2. The van der Waals surface area contributed by atoms with Crippen molar-refractivity contribution >= 4 is 23.0 Å². The van der Waals surface area contributed by atoms with Crippen LogP contribution in [0.1, 0.15) is 5.82 Å². The first-order valence-electron chi connectivity index (χ1n) is 10.1. The Bertz CT molecular complexity index is 884. The molecular formula is C22H30N4O5. The maximum Gasteiger partial charge on any atom is 0.328 e. The highest BCUT2D eigenvalue weighted by Crippen LogP contribution is 2.18. The summed E-state index contributed by atoms with van der Waals surface area (Å²) in [5.41, 5.74) is 2.26. The number of rotatable bonds is 9. The van der Waals surface area contributed by atoms with Crippen LogP contribution in [0.3, 0.4) is 0 Å². The number of fused-ring (bicyclic) bond motifs is 1. The lowest BCUT2D eigenvalue weighted by Crippen LogP contribution is -2.44. The number of likely N-dealkylation sites (N-methyl/N-ethyl adjacent to an activating group) is 1. The Morgan fingerprint density at radius 3 is 2.39 bits per heavy atom. The lowest BCUT2D eigenvalue weighted by Gasteiger charge is -2.32. The van der Waals surface area contributed by atoms with Gasteiger partial charge in [-0.05, 0) is 19.2 Å². The number of nitrogens with zero attached hydrogens (tertiary/aromatic N) is 4. The fourth-order valence-corrected chi connectivity index (χ4v) is 3.17. The molecule has 0 saturated carbocycles. The molecule has 1 aromatic carbocycles. The smallest absolute Gasteiger partial charge is 0.328 e. The van der Waals surface area contributed by atoms with Crippen LogP contribution in [-0.4, -0.2) is 87.9 Å². The molecule has 1 fully saturated rings. The molecule has 1 aliphatic heterocycles. The molecule has 0 amide bonds. The standard InChI is InChI=1S/C18H26N4O.C4H4O4/c1-3-13-23-14-12-22-17-7-5-4-6-16(17)19-18(22)15-21-10-8-20(2)9-11-21;5-3(6)1-2-4(7)8/h3-7H,1,8-15H2,2H3;1-2H,(H,5,6)(H,7,8)/b;2-1+. The molecule has 0 bridgehead atoms. The van der Waals surface area contributed by atoms with Crippen molar-refractivity contribution in [3.63, 3.8) is 0 Å². The van der Waals surface area contributed by atoms with E-state index >= 15 is 0 Å². The number of carboxylic acids is 2. The predicted octanol–water partition coefficient (Wildman–Crippen LogP) is 1.70. The number of carboxylic acid groups (broad SMARTS) is 2. The summed E-state index contributed by atoms with van der Waals surface area (Å²) < 4.78 is 7.88. The minimum Gasteiger partial charge on any atom is -0.478 e. The molecule has 0 spiro atoms. The molecule has 168 valence electrons. The molecule has 3 rings (SSSR count). The lowest BCUT2D eigenvalue weighted by atomic mass is 10.3. The number of para-hydroxylation sites is 2. The van der Waals surface area contributed by atoms with E-state index in [0.717, 1.165) is 50.6 Å². The van der Waals surface area contributed by atoms with Crippen molar-refractivity contribution in [1.82, 2.24) is 19.4 Å². The number of benzene rings is 1. The van der Waals surface area contributed by atoms with Crippen molar-refractivity contribution in [1.29, 1.82) is 0 Å². The van der Waals surface area contributed by atoms with Gasteiger partial charge in [0, 0.05) is 44.9 Å². The third kappa shape index (κ3) is 8.33. The van der Waals surface area contributed by atoms with E-state index in [1.165, 1.54) is 5.52 Å². The molecular weight excluding hydrogens is 400 g/mol. The predicted molar refractivity (Wildman–Crippen MR) is 118 cm³/mol. The van der Waals surface area contributed by atoms with Gasteiger partial charge in [0.15, 0.2) is 0 Å². The first kappa shape index (κ1) is 24.3. The van der Waals surface area contributed by atoms with Gasteiger partial charge >= 0.3 is 11.9 Å². The summed E-state index contributed by atoms with van der Waals surface area (Å²) >= 11 is 0. The van der Waals surface area contributed by atoms with Crippen LogP contribution >= 0.6 is 0 Å². The summed E-state index contributed by atoms with van der Waals surface area (Å²) in [7, 11) is 2.18. The molecule has 1 aliphatic rings. The zero-order valence-corrected chi connectivity index (χ0v) is 17.8. The largest absolute Gasteiger partial charge is 0.478 e. The van der Waals surface area contributed by atoms with Gasteiger partial charge < -0.3 is 24.4 Å². The monoisotopic (exact) mass is 430 g/mol. The Morgan fingerprint density at radius 2 is 1.77 bits per heavy atom. The van der Waals surface area contributed by atoms with Gasteiger partial charge in [0.05, 0.1) is 30.8 Å². The fourth-order valence-electron chi connectivity index (χ4n) is 3.17. The van der Waals surface area contributed by atoms with Crippen LogP contribution in [0.5, 0.6) is 0 Å². The third-order valence-electron chi connectivity index (χ3n) is 4.76. The van der Waals surface area contributed by atoms with Crippen LogP contribution in [0.15, 0.2) is 49.1 Å². The van der Waals surface area contributed by atoms with E-state index in [4.69, 9.17) is 19.9 Å². The number of ether oxygens (including phenoxy) is 1. The van der Waals surface area contributed by atoms with Gasteiger partial charge in [0.1, 0.15) is 5.82 Å². The number of aliphatic carboxylic acids is 2. The highest BCUT2D eigenvalue weighted by molar-refractivity contribution is 5.89. The lowest BCUT2D eigenvalue weighted by molar-refractivity contribution is -0.134. The average Bonchev–Trinajstić information content (AvgIpc) is 3.09. The molecule has 0 unspecified atom stereocenters. The van der Waals surface area contributed by atoms with E-state index in [1.807, 2.05) is 6.07 Å². The Labute approximate surface area is 181 Å². The second-order valence-corrected chi connectivity index (χ2v) is 7.12. The third-order valence-corrected chi connectivity index (χ3v) is 4.76. The first-order chi connectivity index (χ1) is 14.9. The summed E-state index contributed by atoms with van der Waals surface area (Å²) in [4.78, 5) is 28.8. The number of carbonyl (C=O) groups is 2. The van der Waals surface area contributed by atoms with E-state index in [0.29, 0.717) is 25.4 Å². The molecule has 9 heteroatoms. The SMILES string of the molecule is C=CCOCCn1c(CN2CCN(C)CC2)nc2ccccc21.O=C(O)/C=C/C(=O)O. The zero-order valence-electron chi connectivity index (χ0n) is 17.8. The highest BCUT2D eigenvalue weighted by Gasteiger charge is 2.18. The Kier molecular flexibility index (Phi) is 9.89. The molecule has 1 aromatic heterocycles. The summed E-state index contributed by atoms with van der Waals surface area (Å²) in [6, 6.07) is 8.35. The molecule has 0 atom stereocenters. The Morgan fingerprint density at radius 1 is 1.13 bits per heavy atom. The maximum atomic E-state index is 9.55. The van der Waals surface area contributed by atoms with Crippen molar-refractivity contribution < 1.29 is 24.5 Å². The van der Waals surface area contributed by atoms with E-state index in [-0.39, 0.29) is 0 Å². The molecule has 2 aromatic rings. The van der Waals surface area contributed by atoms with Gasteiger partial charge in [0.2, 0.25) is 0 Å². The van der Waals surface area contributed by atoms with Gasteiger partial charge in [-0.3, -0.25) is 4.90 Å². The van der Waals surface area contributed by atoms with Gasteiger partial charge in [-0.2, -0.15) is 0 Å². The highest BCUT2D eigenvalue weighted by atomic mass is 16.5. The summed E-state index contributed by atoms with van der Waals surface area (Å²) in [5.74, 6) is -1.38. The molecule has 31 heavy (non-hydrogen) atoms. The maximum absolute atomic E-state index is 9.55. The normalized spacial score (nSPS) is 15.0. The molecule has 0 radical (unpaired) electrons. The number of hydrogen-bond donors (Lipinski definition) is 2. The van der Waals surface area contributed by atoms with Crippen molar-refractivity contribution in [3.8, 4) is 0 Å². The summed E-state index contributed by atoms with van der Waals surface area (Å²) in [6.07, 6.45) is 2.90. The second-order valence-electron chi connectivity index (χ2n) is 7.12. The van der Waals surface area contributed by atoms with Crippen molar-refractivity contribution in [2.24, 2.45) is 0 Å². The summed E-state index contributed by atoms with van der Waals surface area (Å²) in [5, 5.41) is 15.6. The van der Waals surface area contributed by atoms with E-state index < -0.39 is 11.9 Å². The van der Waals surface area contributed by atoms with E-state index in [2.05, 4.69) is 46.2 Å². The number of hydrogen-bond acceptors (Lipinski definition) is 6. The second kappa shape index (κ2) is 12.6. The van der Waals surface area contributed by atoms with Crippen LogP contribution in [0, 0.1) is 0 Å². The number of imidazole rings is 1. The fraction of sp³-hybridized carbons (Fsp3) is 0.409. The van der Waals surface area contributed by atoms with Crippen molar-refractivity contribution in [3.05, 3.63) is 54.9 Å². The van der Waals surface area contributed by atoms with Crippen LogP contribution in [0.2, 0.25) is 0 Å². The van der Waals surface area contributed by atoms with E-state index in [9.17, 15) is 9.59 Å². The minimum absolute atomic E-state index is 0.558. The Hall–Kier alpha value is -3.01. The first-order valence-corrected chi connectivity index (χ1v) is 10.1.